The molecule has 7 heteroatoms. The molecule has 0 radical (unpaired) electrons. The van der Waals surface area contributed by atoms with E-state index in [0.717, 1.165) is 17.0 Å². The van der Waals surface area contributed by atoms with Crippen LogP contribution in [-0.2, 0) is 23.9 Å². The second-order valence-corrected chi connectivity index (χ2v) is 9.17. The van der Waals surface area contributed by atoms with Crippen LogP contribution in [-0.4, -0.2) is 42.9 Å². The van der Waals surface area contributed by atoms with Gasteiger partial charge in [-0.05, 0) is 30.6 Å². The van der Waals surface area contributed by atoms with Crippen molar-refractivity contribution in [2.75, 3.05) is 25.2 Å². The van der Waals surface area contributed by atoms with E-state index in [0.29, 0.717) is 35.6 Å². The second-order valence-electron chi connectivity index (χ2n) is 7.78. The van der Waals surface area contributed by atoms with Gasteiger partial charge in [0.25, 0.3) is 0 Å². The monoisotopic (exact) mass is 443 g/mol. The van der Waals surface area contributed by atoms with E-state index in [1.807, 2.05) is 44.2 Å². The third-order valence-electron chi connectivity index (χ3n) is 5.76. The molecule has 0 fully saturated rings. The fourth-order valence-electron chi connectivity index (χ4n) is 4.35. The van der Waals surface area contributed by atoms with Gasteiger partial charge in [0.2, 0.25) is 0 Å². The Morgan fingerprint density at radius 3 is 2.58 bits per heavy atom. The normalized spacial score (nSPS) is 23.2. The predicted molar refractivity (Wildman–Crippen MR) is 120 cm³/mol. The lowest BCUT2D eigenvalue weighted by Gasteiger charge is -2.38. The minimum Gasteiger partial charge on any atom is -0.468 e. The second kappa shape index (κ2) is 10.2. The van der Waals surface area contributed by atoms with E-state index < -0.39 is 23.8 Å². The lowest BCUT2D eigenvalue weighted by molar-refractivity contribution is -0.151. The fourth-order valence-corrected chi connectivity index (χ4v) is 4.84. The third kappa shape index (κ3) is 4.71. The van der Waals surface area contributed by atoms with Crippen molar-refractivity contribution in [3.63, 3.8) is 0 Å². The first-order valence-electron chi connectivity index (χ1n) is 10.5. The average Bonchev–Trinajstić information content (AvgIpc) is 2.76. The first kappa shape index (κ1) is 23.1. The highest BCUT2D eigenvalue weighted by atomic mass is 32.2. The van der Waals surface area contributed by atoms with Crippen LogP contribution in [0.1, 0.15) is 38.7 Å². The molecule has 0 aromatic heterocycles. The predicted octanol–water partition coefficient (Wildman–Crippen LogP) is 3.60. The minimum atomic E-state index is -0.881. The largest absolute Gasteiger partial charge is 0.468 e. The van der Waals surface area contributed by atoms with Crippen molar-refractivity contribution in [3.8, 4) is 0 Å². The van der Waals surface area contributed by atoms with Crippen LogP contribution in [0, 0.1) is 11.8 Å². The number of Topliss-reactive ketones (excluding diaryl/α,β-unsaturated/α-hetero) is 1. The van der Waals surface area contributed by atoms with Crippen LogP contribution in [0.4, 0.5) is 0 Å². The molecule has 1 aromatic carbocycles. The van der Waals surface area contributed by atoms with Crippen LogP contribution in [0.5, 0.6) is 0 Å². The van der Waals surface area contributed by atoms with E-state index in [-0.39, 0.29) is 11.7 Å². The maximum absolute atomic E-state index is 13.6. The number of benzene rings is 1. The molecular formula is C24H29NO5S. The molecule has 2 aliphatic rings. The molecule has 1 N–H and O–H groups in total. The number of allylic oxidation sites excluding steroid dienone is 3. The number of carbonyl (C=O) groups is 3. The molecule has 0 spiro atoms. The summed E-state index contributed by atoms with van der Waals surface area (Å²) in [6.45, 7) is 6.06. The first-order chi connectivity index (χ1) is 14.9. The summed E-state index contributed by atoms with van der Waals surface area (Å²) >= 11 is 1.70. The van der Waals surface area contributed by atoms with Gasteiger partial charge in [-0.1, -0.05) is 44.2 Å². The summed E-state index contributed by atoms with van der Waals surface area (Å²) in [6.07, 6.45) is 0.525. The third-order valence-corrected chi connectivity index (χ3v) is 6.62. The first-order valence-corrected chi connectivity index (χ1v) is 11.7. The van der Waals surface area contributed by atoms with E-state index in [4.69, 9.17) is 9.47 Å². The maximum Gasteiger partial charge on any atom is 0.336 e. The van der Waals surface area contributed by atoms with Gasteiger partial charge in [0, 0.05) is 28.6 Å². The summed E-state index contributed by atoms with van der Waals surface area (Å²) in [7, 11) is 1.29. The topological polar surface area (TPSA) is 81.7 Å². The Morgan fingerprint density at radius 2 is 1.94 bits per heavy atom. The van der Waals surface area contributed by atoms with Crippen molar-refractivity contribution in [2.45, 2.75) is 33.1 Å². The van der Waals surface area contributed by atoms with Gasteiger partial charge in [0.15, 0.2) is 5.78 Å². The van der Waals surface area contributed by atoms with E-state index in [9.17, 15) is 14.4 Å². The number of hydrogen-bond donors (Lipinski definition) is 1. The summed E-state index contributed by atoms with van der Waals surface area (Å²) < 4.78 is 10.5. The number of ketones is 1. The number of nitrogens with one attached hydrogen (secondary N) is 1. The Bertz CT molecular complexity index is 921. The van der Waals surface area contributed by atoms with Gasteiger partial charge in [-0.3, -0.25) is 9.59 Å². The van der Waals surface area contributed by atoms with Gasteiger partial charge >= 0.3 is 11.9 Å². The van der Waals surface area contributed by atoms with Crippen molar-refractivity contribution in [1.29, 1.82) is 0 Å². The lowest BCUT2D eigenvalue weighted by Crippen LogP contribution is -2.43. The number of rotatable bonds is 7. The molecule has 166 valence electrons. The summed E-state index contributed by atoms with van der Waals surface area (Å²) in [4.78, 5) is 39.1. The number of hydrogen-bond acceptors (Lipinski definition) is 7. The highest BCUT2D eigenvalue weighted by Gasteiger charge is 2.47. The Morgan fingerprint density at radius 1 is 1.23 bits per heavy atom. The van der Waals surface area contributed by atoms with Crippen LogP contribution in [0.15, 0.2) is 52.9 Å². The number of ether oxygens (including phenoxy) is 2. The Hall–Kier alpha value is -2.54. The maximum atomic E-state index is 13.6. The average molecular weight is 444 g/mol. The Balaban J connectivity index is 2.04. The van der Waals surface area contributed by atoms with Crippen LogP contribution >= 0.6 is 11.8 Å². The number of methoxy groups -OCH3 is 1. The van der Waals surface area contributed by atoms with E-state index >= 15 is 0 Å². The standard InChI is InChI=1S/C24H29NO5S/c1-5-31-12-11-30-24(28)19-15(3)25-17-13-14(2)18(23(27)29-4)22(26)21(17)20(19)16-9-7-6-8-10-16/h6-10,14,18,20,25H,5,11-13H2,1-4H3/t14-,18-,20+/m0/s1. The Kier molecular flexibility index (Phi) is 7.59. The van der Waals surface area contributed by atoms with Gasteiger partial charge in [-0.25, -0.2) is 4.79 Å². The van der Waals surface area contributed by atoms with Crippen molar-refractivity contribution in [2.24, 2.45) is 11.8 Å². The van der Waals surface area contributed by atoms with Crippen LogP contribution < -0.4 is 5.32 Å². The van der Waals surface area contributed by atoms with Crippen molar-refractivity contribution >= 4 is 29.5 Å². The van der Waals surface area contributed by atoms with Gasteiger partial charge in [-0.15, -0.1) is 0 Å². The summed E-state index contributed by atoms with van der Waals surface area (Å²) in [5, 5.41) is 3.27. The fraction of sp³-hybridized carbons (Fsp3) is 0.458. The molecule has 1 heterocycles. The van der Waals surface area contributed by atoms with Gasteiger partial charge in [0.1, 0.15) is 12.5 Å². The van der Waals surface area contributed by atoms with Crippen molar-refractivity contribution in [1.82, 2.24) is 5.32 Å². The Labute approximate surface area is 187 Å². The van der Waals surface area contributed by atoms with Gasteiger partial charge in [0.05, 0.1) is 12.7 Å². The molecule has 0 amide bonds. The molecule has 1 aromatic rings. The van der Waals surface area contributed by atoms with E-state index in [1.54, 1.807) is 11.8 Å². The number of carbonyl (C=O) groups excluding carboxylic acids is 3. The smallest absolute Gasteiger partial charge is 0.336 e. The zero-order valence-corrected chi connectivity index (χ0v) is 19.2. The van der Waals surface area contributed by atoms with Gasteiger partial charge < -0.3 is 14.8 Å². The molecule has 1 aliphatic heterocycles. The van der Waals surface area contributed by atoms with Crippen LogP contribution in [0.25, 0.3) is 0 Å². The summed E-state index contributed by atoms with van der Waals surface area (Å²) in [6, 6.07) is 9.43. The molecular weight excluding hydrogens is 414 g/mol. The molecule has 31 heavy (non-hydrogen) atoms. The lowest BCUT2D eigenvalue weighted by atomic mass is 9.69. The highest BCUT2D eigenvalue weighted by molar-refractivity contribution is 7.99. The van der Waals surface area contributed by atoms with E-state index in [1.165, 1.54) is 7.11 Å². The molecule has 0 saturated heterocycles. The van der Waals surface area contributed by atoms with Crippen LogP contribution in [0.2, 0.25) is 0 Å². The molecule has 3 rings (SSSR count). The molecule has 1 aliphatic carbocycles. The minimum absolute atomic E-state index is 0.199. The summed E-state index contributed by atoms with van der Waals surface area (Å²) in [5.74, 6) is -1.27. The molecule has 0 bridgehead atoms. The highest BCUT2D eigenvalue weighted by Crippen LogP contribution is 2.45. The molecule has 0 saturated carbocycles. The number of esters is 2. The molecule has 0 unspecified atom stereocenters. The molecule has 6 nitrogen and oxygen atoms in total. The zero-order chi connectivity index (χ0) is 22.5. The molecule has 3 atom stereocenters. The number of dihydropyridines is 1. The van der Waals surface area contributed by atoms with Crippen molar-refractivity contribution in [3.05, 3.63) is 58.4 Å². The number of thioether (sulfide) groups is 1. The SMILES string of the molecule is CCSCCOC(=O)C1=C(C)NC2=C(C(=O)[C@@H](C(=O)OC)[C@@H](C)C2)[C@@H]1c1ccccc1. The van der Waals surface area contributed by atoms with E-state index in [2.05, 4.69) is 12.2 Å². The quantitative estimate of drug-likeness (QED) is 0.392. The summed E-state index contributed by atoms with van der Waals surface area (Å²) in [5.41, 5.74) is 3.13. The zero-order valence-electron chi connectivity index (χ0n) is 18.4. The van der Waals surface area contributed by atoms with Crippen molar-refractivity contribution < 1.29 is 23.9 Å². The van der Waals surface area contributed by atoms with Crippen LogP contribution in [0.3, 0.4) is 0 Å². The van der Waals surface area contributed by atoms with Gasteiger partial charge in [-0.2, -0.15) is 11.8 Å².